The number of fused-ring (bicyclic) bond motifs is 5. The molecule has 1 saturated heterocycles. The predicted molar refractivity (Wildman–Crippen MR) is 119 cm³/mol. The highest BCUT2D eigenvalue weighted by molar-refractivity contribution is 6.23. The Labute approximate surface area is 180 Å². The van der Waals surface area contributed by atoms with Crippen LogP contribution in [0.5, 0.6) is 0 Å². The van der Waals surface area contributed by atoms with E-state index in [1.165, 1.54) is 10.5 Å². The molecule has 150 valence electrons. The number of aromatic nitrogens is 1. The highest BCUT2D eigenvalue weighted by Gasteiger charge is 2.62. The van der Waals surface area contributed by atoms with Crippen LogP contribution in [0.3, 0.4) is 0 Å². The SMILES string of the molecule is O=C1[C@H]2[C@H](C(=O)N1c1ccccn1)[C@H]1C=C[C@@H]2C1=C(c1ccccc1)c1ccccc1. The fourth-order valence-corrected chi connectivity index (χ4v) is 5.52. The van der Waals surface area contributed by atoms with E-state index in [0.29, 0.717) is 5.82 Å². The lowest BCUT2D eigenvalue weighted by molar-refractivity contribution is -0.123. The smallest absolute Gasteiger partial charge is 0.239 e. The van der Waals surface area contributed by atoms with Crippen molar-refractivity contribution in [3.63, 3.8) is 0 Å². The summed E-state index contributed by atoms with van der Waals surface area (Å²) in [5.74, 6) is -0.717. The van der Waals surface area contributed by atoms with E-state index in [1.54, 1.807) is 24.4 Å². The van der Waals surface area contributed by atoms with Gasteiger partial charge in [0.25, 0.3) is 0 Å². The molecule has 2 bridgehead atoms. The lowest BCUT2D eigenvalue weighted by Crippen LogP contribution is -2.33. The maximum Gasteiger partial charge on any atom is 0.239 e. The summed E-state index contributed by atoms with van der Waals surface area (Å²) in [6, 6.07) is 25.9. The van der Waals surface area contributed by atoms with E-state index in [1.807, 2.05) is 36.4 Å². The van der Waals surface area contributed by atoms with Crippen molar-refractivity contribution >= 4 is 23.2 Å². The number of amides is 2. The fourth-order valence-electron chi connectivity index (χ4n) is 5.52. The van der Waals surface area contributed by atoms with Crippen LogP contribution in [0.25, 0.3) is 5.57 Å². The molecule has 1 saturated carbocycles. The first-order valence-corrected chi connectivity index (χ1v) is 10.6. The van der Waals surface area contributed by atoms with Crippen LogP contribution in [0.2, 0.25) is 0 Å². The number of hydrogen-bond acceptors (Lipinski definition) is 3. The Morgan fingerprint density at radius 3 is 1.68 bits per heavy atom. The molecule has 4 heteroatoms. The van der Waals surface area contributed by atoms with E-state index in [0.717, 1.165) is 16.7 Å². The molecule has 1 aromatic heterocycles. The first kappa shape index (κ1) is 18.0. The molecular formula is C27H20N2O2. The summed E-state index contributed by atoms with van der Waals surface area (Å²) in [5.41, 5.74) is 4.56. The third kappa shape index (κ3) is 2.58. The molecule has 0 radical (unpaired) electrons. The molecule has 0 spiro atoms. The Hall–Kier alpha value is -3.79. The minimum Gasteiger partial charge on any atom is -0.274 e. The van der Waals surface area contributed by atoms with Crippen LogP contribution in [0.4, 0.5) is 5.82 Å². The second-order valence-electron chi connectivity index (χ2n) is 8.25. The van der Waals surface area contributed by atoms with Crippen LogP contribution in [0.1, 0.15) is 11.1 Å². The lowest BCUT2D eigenvalue weighted by atomic mass is 9.85. The zero-order valence-corrected chi connectivity index (χ0v) is 16.8. The predicted octanol–water partition coefficient (Wildman–Crippen LogP) is 4.51. The summed E-state index contributed by atoms with van der Waals surface area (Å²) in [4.78, 5) is 32.4. The monoisotopic (exact) mass is 404 g/mol. The second-order valence-corrected chi connectivity index (χ2v) is 8.25. The first-order chi connectivity index (χ1) is 15.3. The van der Waals surface area contributed by atoms with Gasteiger partial charge < -0.3 is 0 Å². The summed E-state index contributed by atoms with van der Waals surface area (Å²) in [5, 5.41) is 0. The second kappa shape index (κ2) is 6.88. The third-order valence-corrected chi connectivity index (χ3v) is 6.71. The summed E-state index contributed by atoms with van der Waals surface area (Å²) in [6.45, 7) is 0. The quantitative estimate of drug-likeness (QED) is 0.477. The van der Waals surface area contributed by atoms with Crippen molar-refractivity contribution in [2.75, 3.05) is 4.90 Å². The van der Waals surface area contributed by atoms with Crippen molar-refractivity contribution in [2.45, 2.75) is 0 Å². The van der Waals surface area contributed by atoms with Crippen LogP contribution in [-0.4, -0.2) is 16.8 Å². The van der Waals surface area contributed by atoms with Gasteiger partial charge in [-0.1, -0.05) is 78.9 Å². The van der Waals surface area contributed by atoms with Crippen molar-refractivity contribution in [2.24, 2.45) is 23.7 Å². The average molecular weight is 404 g/mol. The van der Waals surface area contributed by atoms with Crippen LogP contribution < -0.4 is 4.90 Å². The minimum atomic E-state index is -0.359. The number of imide groups is 1. The largest absolute Gasteiger partial charge is 0.274 e. The molecule has 3 aromatic rings. The van der Waals surface area contributed by atoms with Crippen molar-refractivity contribution in [3.05, 3.63) is 114 Å². The summed E-state index contributed by atoms with van der Waals surface area (Å²) in [7, 11) is 0. The van der Waals surface area contributed by atoms with E-state index in [4.69, 9.17) is 0 Å². The maximum atomic E-state index is 13.4. The molecule has 2 fully saturated rings. The number of nitrogens with zero attached hydrogens (tertiary/aromatic N) is 2. The van der Waals surface area contributed by atoms with Gasteiger partial charge in [0.15, 0.2) is 0 Å². The number of benzene rings is 2. The van der Waals surface area contributed by atoms with E-state index in [-0.39, 0.29) is 35.5 Å². The molecule has 0 N–H and O–H groups in total. The maximum absolute atomic E-state index is 13.4. The van der Waals surface area contributed by atoms with E-state index >= 15 is 0 Å². The van der Waals surface area contributed by atoms with Gasteiger partial charge in [0.05, 0.1) is 11.8 Å². The van der Waals surface area contributed by atoms with Gasteiger partial charge in [-0.3, -0.25) is 9.59 Å². The van der Waals surface area contributed by atoms with Crippen LogP contribution in [0.15, 0.2) is 103 Å². The highest BCUT2D eigenvalue weighted by Crippen LogP contribution is 2.58. The van der Waals surface area contributed by atoms with Gasteiger partial charge in [-0.2, -0.15) is 0 Å². The Kier molecular flexibility index (Phi) is 4.00. The number of anilines is 1. The van der Waals surface area contributed by atoms with Crippen LogP contribution in [0, 0.1) is 23.7 Å². The third-order valence-electron chi connectivity index (χ3n) is 6.71. The van der Waals surface area contributed by atoms with Crippen LogP contribution >= 0.6 is 0 Å². The zero-order chi connectivity index (χ0) is 20.9. The Morgan fingerprint density at radius 2 is 1.19 bits per heavy atom. The molecule has 4 nitrogen and oxygen atoms in total. The van der Waals surface area contributed by atoms with Crippen molar-refractivity contribution in [1.29, 1.82) is 0 Å². The molecule has 4 atom stereocenters. The molecule has 31 heavy (non-hydrogen) atoms. The minimum absolute atomic E-state index is 0.0735. The number of allylic oxidation sites excluding steroid dienone is 3. The molecule has 2 amide bonds. The summed E-state index contributed by atoms with van der Waals surface area (Å²) < 4.78 is 0. The van der Waals surface area contributed by atoms with Crippen molar-refractivity contribution in [3.8, 4) is 0 Å². The van der Waals surface area contributed by atoms with Crippen molar-refractivity contribution < 1.29 is 9.59 Å². The molecule has 0 unspecified atom stereocenters. The number of pyridine rings is 1. The van der Waals surface area contributed by atoms with E-state index < -0.39 is 0 Å². The highest BCUT2D eigenvalue weighted by atomic mass is 16.2. The molecule has 1 aliphatic heterocycles. The number of carbonyl (C=O) groups excluding carboxylic acids is 2. The van der Waals surface area contributed by atoms with Gasteiger partial charge >= 0.3 is 0 Å². The molecule has 3 aliphatic rings. The van der Waals surface area contributed by atoms with Gasteiger partial charge in [-0.25, -0.2) is 9.88 Å². The summed E-state index contributed by atoms with van der Waals surface area (Å²) in [6.07, 6.45) is 5.87. The first-order valence-electron chi connectivity index (χ1n) is 10.6. The van der Waals surface area contributed by atoms with E-state index in [9.17, 15) is 9.59 Å². The Morgan fingerprint density at radius 1 is 0.677 bits per heavy atom. The van der Waals surface area contributed by atoms with Crippen LogP contribution in [-0.2, 0) is 9.59 Å². The normalized spacial score (nSPS) is 25.9. The topological polar surface area (TPSA) is 50.3 Å². The Bertz CT molecular complexity index is 1160. The van der Waals surface area contributed by atoms with Gasteiger partial charge in [0.2, 0.25) is 11.8 Å². The Balaban J connectivity index is 1.50. The molecule has 2 heterocycles. The fraction of sp³-hybridized carbons (Fsp3) is 0.148. The van der Waals surface area contributed by atoms with Gasteiger partial charge in [-0.05, 0) is 34.4 Å². The molecule has 2 aliphatic carbocycles. The number of hydrogen-bond donors (Lipinski definition) is 0. The molecule has 2 aromatic carbocycles. The average Bonchev–Trinajstić information content (AvgIpc) is 3.45. The molecule has 6 rings (SSSR count). The summed E-state index contributed by atoms with van der Waals surface area (Å²) >= 11 is 0. The molecular weight excluding hydrogens is 384 g/mol. The number of carbonyl (C=O) groups is 2. The van der Waals surface area contributed by atoms with Gasteiger partial charge in [0, 0.05) is 18.0 Å². The van der Waals surface area contributed by atoms with Gasteiger partial charge in [-0.15, -0.1) is 0 Å². The number of rotatable bonds is 3. The lowest BCUT2D eigenvalue weighted by Gasteiger charge is -2.21. The van der Waals surface area contributed by atoms with Crippen molar-refractivity contribution in [1.82, 2.24) is 4.98 Å². The zero-order valence-electron chi connectivity index (χ0n) is 16.8. The van der Waals surface area contributed by atoms with E-state index in [2.05, 4.69) is 41.4 Å². The standard InChI is InChI=1S/C27H20N2O2/c30-26-24-19-14-15-20(25(24)27(31)29(26)21-13-7-8-16-28-21)23(19)22(17-9-3-1-4-10-17)18-11-5-2-6-12-18/h1-16,19-20,24-25H/t19-,20+,24-,25-/m1/s1. The van der Waals surface area contributed by atoms with Gasteiger partial charge in [0.1, 0.15) is 5.82 Å².